The molecule has 1 heterocycles. The van der Waals surface area contributed by atoms with Gasteiger partial charge in [-0.3, -0.25) is 10.1 Å². The second-order valence-electron chi connectivity index (χ2n) is 5.92. The molecule has 0 amide bonds. The van der Waals surface area contributed by atoms with Gasteiger partial charge in [-0.05, 0) is 54.8 Å². The largest absolute Gasteiger partial charge is 0.357 e. The first-order chi connectivity index (χ1) is 11.9. The number of nitro groups is 1. The number of benzene rings is 2. The normalized spacial score (nSPS) is 17.5. The predicted octanol–water partition coefficient (Wildman–Crippen LogP) is 5.62. The van der Waals surface area contributed by atoms with E-state index in [9.17, 15) is 10.1 Å². The molecule has 4 nitrogen and oxygen atoms in total. The third-order valence-electron chi connectivity index (χ3n) is 4.28. The van der Waals surface area contributed by atoms with Crippen molar-refractivity contribution in [2.24, 2.45) is 0 Å². The fraction of sp³-hybridized carbons (Fsp3) is 0.158. The maximum absolute atomic E-state index is 11.8. The summed E-state index contributed by atoms with van der Waals surface area (Å²) in [6.45, 7) is 3.65. The van der Waals surface area contributed by atoms with E-state index in [2.05, 4.69) is 5.32 Å². The summed E-state index contributed by atoms with van der Waals surface area (Å²) < 4.78 is 0. The molecule has 0 aliphatic carbocycles. The number of nitrogens with zero attached hydrogens (tertiary/aromatic N) is 1. The average molecular weight is 375 g/mol. The molecule has 3 rings (SSSR count). The van der Waals surface area contributed by atoms with E-state index in [1.807, 2.05) is 31.2 Å². The Hall–Kier alpha value is -2.30. The van der Waals surface area contributed by atoms with Crippen LogP contribution in [-0.2, 0) is 0 Å². The second-order valence-corrected chi connectivity index (χ2v) is 6.80. The zero-order chi connectivity index (χ0) is 18.1. The lowest BCUT2D eigenvalue weighted by atomic mass is 9.81. The van der Waals surface area contributed by atoms with Gasteiger partial charge < -0.3 is 5.32 Å². The fourth-order valence-electron chi connectivity index (χ4n) is 3.22. The van der Waals surface area contributed by atoms with E-state index in [4.69, 9.17) is 23.2 Å². The minimum atomic E-state index is -0.491. The van der Waals surface area contributed by atoms with Gasteiger partial charge in [0.05, 0.1) is 10.6 Å². The smallest absolute Gasteiger partial charge is 0.276 e. The zero-order valence-electron chi connectivity index (χ0n) is 13.7. The molecular formula is C19H16Cl2N2O2. The first kappa shape index (κ1) is 17.5. The molecular weight excluding hydrogens is 359 g/mol. The molecule has 1 atom stereocenters. The predicted molar refractivity (Wildman–Crippen MR) is 101 cm³/mol. The summed E-state index contributed by atoms with van der Waals surface area (Å²) in [7, 11) is 0. The molecule has 2 aromatic rings. The fourth-order valence-corrected chi connectivity index (χ4v) is 3.47. The van der Waals surface area contributed by atoms with E-state index >= 15 is 0 Å². The van der Waals surface area contributed by atoms with E-state index < -0.39 is 5.92 Å². The number of rotatable bonds is 3. The Kier molecular flexibility index (Phi) is 4.84. The van der Waals surface area contributed by atoms with Gasteiger partial charge in [0.1, 0.15) is 5.92 Å². The molecule has 1 N–H and O–H groups in total. The van der Waals surface area contributed by atoms with Gasteiger partial charge in [-0.1, -0.05) is 47.5 Å². The van der Waals surface area contributed by atoms with Crippen LogP contribution in [0.5, 0.6) is 0 Å². The first-order valence-electron chi connectivity index (χ1n) is 7.73. The topological polar surface area (TPSA) is 55.2 Å². The highest BCUT2D eigenvalue weighted by molar-refractivity contribution is 6.30. The van der Waals surface area contributed by atoms with Crippen LogP contribution in [0.15, 0.2) is 65.6 Å². The minimum Gasteiger partial charge on any atom is -0.357 e. The molecule has 0 saturated carbocycles. The molecule has 0 fully saturated rings. The highest BCUT2D eigenvalue weighted by Gasteiger charge is 2.37. The Bertz CT molecular complexity index is 885. The summed E-state index contributed by atoms with van der Waals surface area (Å²) in [5.41, 5.74) is 4.13. The van der Waals surface area contributed by atoms with Crippen molar-refractivity contribution in [3.63, 3.8) is 0 Å². The van der Waals surface area contributed by atoms with Crippen molar-refractivity contribution in [3.05, 3.63) is 96.9 Å². The molecule has 128 valence electrons. The van der Waals surface area contributed by atoms with Crippen molar-refractivity contribution in [1.82, 2.24) is 5.32 Å². The van der Waals surface area contributed by atoms with E-state index in [0.717, 1.165) is 22.4 Å². The van der Waals surface area contributed by atoms with Gasteiger partial charge in [-0.25, -0.2) is 0 Å². The van der Waals surface area contributed by atoms with Gasteiger partial charge in [0, 0.05) is 15.7 Å². The molecule has 6 heteroatoms. The van der Waals surface area contributed by atoms with E-state index in [1.165, 1.54) is 0 Å². The monoisotopic (exact) mass is 374 g/mol. The molecule has 1 unspecified atom stereocenters. The van der Waals surface area contributed by atoms with Crippen LogP contribution in [0.4, 0.5) is 0 Å². The SMILES string of the molecule is CC1=C(c2ccc(Cl)cc2)C(c2ccc(Cl)cc2)C([N+](=O)[O-])=C(C)N1. The second kappa shape index (κ2) is 6.90. The van der Waals surface area contributed by atoms with Crippen molar-refractivity contribution >= 4 is 28.8 Å². The molecule has 0 spiro atoms. The summed E-state index contributed by atoms with van der Waals surface area (Å²) in [5, 5.41) is 16.1. The van der Waals surface area contributed by atoms with E-state index in [-0.39, 0.29) is 10.6 Å². The third kappa shape index (κ3) is 3.41. The summed E-state index contributed by atoms with van der Waals surface area (Å²) in [4.78, 5) is 11.5. The van der Waals surface area contributed by atoms with Crippen LogP contribution in [0.1, 0.15) is 30.9 Å². The maximum atomic E-state index is 11.8. The van der Waals surface area contributed by atoms with Crippen LogP contribution >= 0.6 is 23.2 Å². The molecule has 2 aromatic carbocycles. The van der Waals surface area contributed by atoms with Crippen LogP contribution in [0.25, 0.3) is 5.57 Å². The van der Waals surface area contributed by atoms with Gasteiger partial charge >= 0.3 is 0 Å². The van der Waals surface area contributed by atoms with Crippen LogP contribution < -0.4 is 5.32 Å². The Labute approximate surface area is 155 Å². The third-order valence-corrected chi connectivity index (χ3v) is 4.78. The lowest BCUT2D eigenvalue weighted by Gasteiger charge is -2.28. The first-order valence-corrected chi connectivity index (χ1v) is 8.48. The van der Waals surface area contributed by atoms with Crippen LogP contribution in [0.3, 0.4) is 0 Å². The van der Waals surface area contributed by atoms with Gasteiger partial charge in [-0.15, -0.1) is 0 Å². The molecule has 25 heavy (non-hydrogen) atoms. The Balaban J connectivity index is 2.22. The van der Waals surface area contributed by atoms with Gasteiger partial charge in [0.2, 0.25) is 0 Å². The number of dihydropyridines is 1. The van der Waals surface area contributed by atoms with Gasteiger partial charge in [0.25, 0.3) is 5.70 Å². The molecule has 0 saturated heterocycles. The lowest BCUT2D eigenvalue weighted by Crippen LogP contribution is -2.27. The number of allylic oxidation sites excluding steroid dienone is 3. The molecule has 0 bridgehead atoms. The Morgan fingerprint density at radius 3 is 1.96 bits per heavy atom. The summed E-state index contributed by atoms with van der Waals surface area (Å²) in [6, 6.07) is 14.5. The lowest BCUT2D eigenvalue weighted by molar-refractivity contribution is -0.430. The Morgan fingerprint density at radius 1 is 0.920 bits per heavy atom. The molecule has 1 aliphatic rings. The van der Waals surface area contributed by atoms with E-state index in [1.54, 1.807) is 31.2 Å². The van der Waals surface area contributed by atoms with Crippen molar-refractivity contribution in [2.45, 2.75) is 19.8 Å². The van der Waals surface area contributed by atoms with Crippen molar-refractivity contribution in [3.8, 4) is 0 Å². The summed E-state index contributed by atoms with van der Waals surface area (Å²) >= 11 is 12.0. The van der Waals surface area contributed by atoms with Gasteiger partial charge in [-0.2, -0.15) is 0 Å². The van der Waals surface area contributed by atoms with Crippen LogP contribution in [0, 0.1) is 10.1 Å². The van der Waals surface area contributed by atoms with Crippen molar-refractivity contribution < 1.29 is 4.92 Å². The Morgan fingerprint density at radius 2 is 1.44 bits per heavy atom. The molecule has 1 aliphatic heterocycles. The minimum absolute atomic E-state index is 0.137. The quantitative estimate of drug-likeness (QED) is 0.560. The highest BCUT2D eigenvalue weighted by Crippen LogP contribution is 2.43. The number of hydrogen-bond acceptors (Lipinski definition) is 3. The number of hydrogen-bond donors (Lipinski definition) is 1. The standard InChI is InChI=1S/C19H16Cl2N2O2/c1-11-17(13-3-7-15(20)8-4-13)18(14-5-9-16(21)10-6-14)19(23(24)25)12(2)22-11/h3-10,18,22H,1-2H3. The number of nitrogens with one attached hydrogen (secondary N) is 1. The van der Waals surface area contributed by atoms with Crippen LogP contribution in [0.2, 0.25) is 10.0 Å². The van der Waals surface area contributed by atoms with Crippen molar-refractivity contribution in [2.75, 3.05) is 0 Å². The molecule has 0 aromatic heterocycles. The zero-order valence-corrected chi connectivity index (χ0v) is 15.2. The highest BCUT2D eigenvalue weighted by atomic mass is 35.5. The van der Waals surface area contributed by atoms with Crippen LogP contribution in [-0.4, -0.2) is 4.92 Å². The molecule has 0 radical (unpaired) electrons. The van der Waals surface area contributed by atoms with E-state index in [0.29, 0.717) is 15.7 Å². The maximum Gasteiger partial charge on any atom is 0.276 e. The summed E-state index contributed by atoms with van der Waals surface area (Å²) in [6.07, 6.45) is 0. The summed E-state index contributed by atoms with van der Waals surface area (Å²) in [5.74, 6) is -0.491. The van der Waals surface area contributed by atoms with Crippen molar-refractivity contribution in [1.29, 1.82) is 0 Å². The van der Waals surface area contributed by atoms with Gasteiger partial charge in [0.15, 0.2) is 0 Å². The average Bonchev–Trinajstić information content (AvgIpc) is 2.56. The number of halogens is 2.